The number of halogens is 1. The molecule has 0 aliphatic rings. The van der Waals surface area contributed by atoms with Gasteiger partial charge >= 0.3 is 0 Å². The van der Waals surface area contributed by atoms with Crippen LogP contribution in [0.2, 0.25) is 0 Å². The van der Waals surface area contributed by atoms with Crippen molar-refractivity contribution in [3.05, 3.63) is 64.7 Å². The molecule has 0 aliphatic carbocycles. The molecule has 0 fully saturated rings. The van der Waals surface area contributed by atoms with Crippen LogP contribution in [0.4, 0.5) is 0 Å². The van der Waals surface area contributed by atoms with E-state index in [1.807, 2.05) is 31.2 Å². The van der Waals surface area contributed by atoms with Crippen molar-refractivity contribution in [3.63, 3.8) is 0 Å². The average Bonchev–Trinajstić information content (AvgIpc) is 2.42. The van der Waals surface area contributed by atoms with Crippen LogP contribution in [0, 0.1) is 13.8 Å². The molecule has 0 spiro atoms. The summed E-state index contributed by atoms with van der Waals surface area (Å²) >= 11 is 6.60. The van der Waals surface area contributed by atoms with Crippen molar-refractivity contribution in [3.8, 4) is 5.75 Å². The van der Waals surface area contributed by atoms with Crippen LogP contribution >= 0.6 is 11.6 Å². The van der Waals surface area contributed by atoms with Gasteiger partial charge in [0.15, 0.2) is 0 Å². The monoisotopic (exact) mass is 274 g/mol. The molecule has 2 rings (SSSR count). The fourth-order valence-corrected chi connectivity index (χ4v) is 2.51. The minimum Gasteiger partial charge on any atom is -0.494 e. The van der Waals surface area contributed by atoms with Gasteiger partial charge in [-0.25, -0.2) is 0 Å². The van der Waals surface area contributed by atoms with Gasteiger partial charge in [-0.05, 0) is 55.2 Å². The Morgan fingerprint density at radius 1 is 1.05 bits per heavy atom. The zero-order chi connectivity index (χ0) is 13.8. The van der Waals surface area contributed by atoms with Gasteiger partial charge in [0.05, 0.1) is 12.0 Å². The standard InChI is InChI=1S/C17H19ClO/c1-4-19-15-10-8-14(9-11-15)17(18)16-7-5-6-12(2)13(16)3/h5-11,17H,4H2,1-3H3. The van der Waals surface area contributed by atoms with Gasteiger partial charge in [-0.2, -0.15) is 0 Å². The molecule has 0 amide bonds. The molecule has 0 aromatic heterocycles. The maximum absolute atomic E-state index is 6.60. The molecule has 100 valence electrons. The van der Waals surface area contributed by atoms with Crippen LogP contribution in [-0.4, -0.2) is 6.61 Å². The predicted molar refractivity (Wildman–Crippen MR) is 81.2 cm³/mol. The molecule has 1 unspecified atom stereocenters. The number of rotatable bonds is 4. The third-order valence-electron chi connectivity index (χ3n) is 3.40. The number of aryl methyl sites for hydroxylation is 1. The van der Waals surface area contributed by atoms with E-state index in [0.717, 1.165) is 11.3 Å². The highest BCUT2D eigenvalue weighted by molar-refractivity contribution is 6.22. The van der Waals surface area contributed by atoms with Crippen LogP contribution in [0.3, 0.4) is 0 Å². The van der Waals surface area contributed by atoms with Crippen LogP contribution < -0.4 is 4.74 Å². The van der Waals surface area contributed by atoms with Gasteiger partial charge in [0.25, 0.3) is 0 Å². The molecule has 2 aromatic carbocycles. The molecule has 0 N–H and O–H groups in total. The smallest absolute Gasteiger partial charge is 0.119 e. The topological polar surface area (TPSA) is 9.23 Å². The molecule has 0 aliphatic heterocycles. The van der Waals surface area contributed by atoms with E-state index in [1.54, 1.807) is 0 Å². The van der Waals surface area contributed by atoms with E-state index in [0.29, 0.717) is 6.61 Å². The maximum atomic E-state index is 6.60. The van der Waals surface area contributed by atoms with Crippen molar-refractivity contribution >= 4 is 11.6 Å². The highest BCUT2D eigenvalue weighted by Gasteiger charge is 2.13. The first-order valence-corrected chi connectivity index (χ1v) is 7.00. The second-order valence-electron chi connectivity index (χ2n) is 4.65. The Kier molecular flexibility index (Phi) is 4.49. The Labute approximate surface area is 120 Å². The first-order valence-electron chi connectivity index (χ1n) is 6.56. The molecule has 0 saturated heterocycles. The third kappa shape index (κ3) is 3.10. The zero-order valence-corrected chi connectivity index (χ0v) is 12.4. The fraction of sp³-hybridized carbons (Fsp3) is 0.294. The van der Waals surface area contributed by atoms with Crippen molar-refractivity contribution in [1.29, 1.82) is 0 Å². The van der Waals surface area contributed by atoms with Crippen LogP contribution in [0.15, 0.2) is 42.5 Å². The van der Waals surface area contributed by atoms with Gasteiger partial charge in [-0.3, -0.25) is 0 Å². The molecular formula is C17H19ClO. The van der Waals surface area contributed by atoms with Crippen molar-refractivity contribution < 1.29 is 4.74 Å². The molecule has 1 atom stereocenters. The van der Waals surface area contributed by atoms with Crippen molar-refractivity contribution in [2.45, 2.75) is 26.1 Å². The Bertz CT molecular complexity index is 546. The predicted octanol–water partition coefficient (Wildman–Crippen LogP) is 5.03. The van der Waals surface area contributed by atoms with E-state index >= 15 is 0 Å². The molecule has 2 aromatic rings. The maximum Gasteiger partial charge on any atom is 0.119 e. The zero-order valence-electron chi connectivity index (χ0n) is 11.6. The summed E-state index contributed by atoms with van der Waals surface area (Å²) in [4.78, 5) is 0. The van der Waals surface area contributed by atoms with Gasteiger partial charge in [0, 0.05) is 0 Å². The van der Waals surface area contributed by atoms with Crippen LogP contribution in [0.25, 0.3) is 0 Å². The largest absolute Gasteiger partial charge is 0.494 e. The molecular weight excluding hydrogens is 256 g/mol. The molecule has 0 radical (unpaired) electrons. The highest BCUT2D eigenvalue weighted by atomic mass is 35.5. The van der Waals surface area contributed by atoms with Gasteiger partial charge in [-0.1, -0.05) is 30.3 Å². The Balaban J connectivity index is 2.28. The molecule has 0 heterocycles. The van der Waals surface area contributed by atoms with Crippen LogP contribution in [-0.2, 0) is 0 Å². The van der Waals surface area contributed by atoms with Gasteiger partial charge in [0.1, 0.15) is 5.75 Å². The molecule has 0 bridgehead atoms. The minimum absolute atomic E-state index is 0.115. The van der Waals surface area contributed by atoms with E-state index in [1.165, 1.54) is 16.7 Å². The summed E-state index contributed by atoms with van der Waals surface area (Å²) in [5.41, 5.74) is 4.80. The Morgan fingerprint density at radius 2 is 1.74 bits per heavy atom. The first-order chi connectivity index (χ1) is 9.13. The lowest BCUT2D eigenvalue weighted by atomic mass is 9.97. The number of ether oxygens (including phenoxy) is 1. The summed E-state index contributed by atoms with van der Waals surface area (Å²) in [6.45, 7) is 6.89. The lowest BCUT2D eigenvalue weighted by Gasteiger charge is -2.15. The SMILES string of the molecule is CCOc1ccc(C(Cl)c2cccc(C)c2C)cc1. The van der Waals surface area contributed by atoms with E-state index in [9.17, 15) is 0 Å². The quantitative estimate of drug-likeness (QED) is 0.711. The Hall–Kier alpha value is -1.47. The normalized spacial score (nSPS) is 12.2. The lowest BCUT2D eigenvalue weighted by Crippen LogP contribution is -1.98. The summed E-state index contributed by atoms with van der Waals surface area (Å²) in [5.74, 6) is 0.885. The fourth-order valence-electron chi connectivity index (χ4n) is 2.13. The minimum atomic E-state index is -0.115. The number of hydrogen-bond donors (Lipinski definition) is 0. The van der Waals surface area contributed by atoms with Crippen molar-refractivity contribution in [2.75, 3.05) is 6.61 Å². The van der Waals surface area contributed by atoms with Gasteiger partial charge in [-0.15, -0.1) is 11.6 Å². The summed E-state index contributed by atoms with van der Waals surface area (Å²) in [6.07, 6.45) is 0. The highest BCUT2D eigenvalue weighted by Crippen LogP contribution is 2.32. The second kappa shape index (κ2) is 6.12. The van der Waals surface area contributed by atoms with Crippen molar-refractivity contribution in [2.24, 2.45) is 0 Å². The van der Waals surface area contributed by atoms with E-state index < -0.39 is 0 Å². The third-order valence-corrected chi connectivity index (χ3v) is 3.89. The number of alkyl halides is 1. The average molecular weight is 275 g/mol. The first kappa shape index (κ1) is 14.0. The van der Waals surface area contributed by atoms with E-state index in [4.69, 9.17) is 16.3 Å². The molecule has 2 heteroatoms. The Morgan fingerprint density at radius 3 is 2.37 bits per heavy atom. The molecule has 0 saturated carbocycles. The summed E-state index contributed by atoms with van der Waals surface area (Å²) in [5, 5.41) is -0.115. The summed E-state index contributed by atoms with van der Waals surface area (Å²) in [7, 11) is 0. The molecule has 19 heavy (non-hydrogen) atoms. The van der Waals surface area contributed by atoms with Gasteiger partial charge < -0.3 is 4.74 Å². The summed E-state index contributed by atoms with van der Waals surface area (Å²) < 4.78 is 5.45. The summed E-state index contributed by atoms with van der Waals surface area (Å²) in [6, 6.07) is 14.3. The van der Waals surface area contributed by atoms with E-state index in [-0.39, 0.29) is 5.38 Å². The number of benzene rings is 2. The van der Waals surface area contributed by atoms with Crippen LogP contribution in [0.5, 0.6) is 5.75 Å². The van der Waals surface area contributed by atoms with Gasteiger partial charge in [0.2, 0.25) is 0 Å². The van der Waals surface area contributed by atoms with Crippen molar-refractivity contribution in [1.82, 2.24) is 0 Å². The molecule has 1 nitrogen and oxygen atoms in total. The number of hydrogen-bond acceptors (Lipinski definition) is 1. The van der Waals surface area contributed by atoms with E-state index in [2.05, 4.69) is 32.0 Å². The lowest BCUT2D eigenvalue weighted by molar-refractivity contribution is 0.340. The van der Waals surface area contributed by atoms with Crippen LogP contribution in [0.1, 0.15) is 34.6 Å². The second-order valence-corrected chi connectivity index (χ2v) is 5.09.